The Morgan fingerprint density at radius 1 is 0.967 bits per heavy atom. The van der Waals surface area contributed by atoms with Crippen molar-refractivity contribution in [2.24, 2.45) is 0 Å². The van der Waals surface area contributed by atoms with Crippen LogP contribution in [-0.4, -0.2) is 24.4 Å². The number of aryl methyl sites for hydroxylation is 2. The lowest BCUT2D eigenvalue weighted by Crippen LogP contribution is -2.38. The van der Waals surface area contributed by atoms with Gasteiger partial charge in [-0.05, 0) is 67.9 Å². The van der Waals surface area contributed by atoms with E-state index in [9.17, 15) is 14.4 Å². The lowest BCUT2D eigenvalue weighted by atomic mass is 9.89. The van der Waals surface area contributed by atoms with Crippen molar-refractivity contribution in [3.05, 3.63) is 64.7 Å². The van der Waals surface area contributed by atoms with E-state index in [-0.39, 0.29) is 23.9 Å². The number of carbonyl (C=O) groups is 3. The Bertz CT molecular complexity index is 939. The fourth-order valence-electron chi connectivity index (χ4n) is 3.77. The first-order valence-electron chi connectivity index (χ1n) is 10.5. The molecule has 0 bridgehead atoms. The minimum atomic E-state index is -0.817. The highest BCUT2D eigenvalue weighted by molar-refractivity contribution is 6.40. The molecule has 158 valence electrons. The van der Waals surface area contributed by atoms with Crippen molar-refractivity contribution in [1.82, 2.24) is 5.32 Å². The van der Waals surface area contributed by atoms with Crippen LogP contribution in [0.25, 0.3) is 0 Å². The molecule has 30 heavy (non-hydrogen) atoms. The van der Waals surface area contributed by atoms with Gasteiger partial charge in [0.15, 0.2) is 0 Å². The lowest BCUT2D eigenvalue weighted by molar-refractivity contribution is -0.136. The van der Waals surface area contributed by atoms with Crippen molar-refractivity contribution >= 4 is 23.5 Å². The fourth-order valence-corrected chi connectivity index (χ4v) is 3.77. The molecule has 0 heterocycles. The maximum absolute atomic E-state index is 12.5. The molecular formula is C24H28N2O4. The molecule has 6 heteroatoms. The fraction of sp³-hybridized carbons (Fsp3) is 0.375. The summed E-state index contributed by atoms with van der Waals surface area (Å²) in [6.07, 6.45) is 5.21. The van der Waals surface area contributed by atoms with Crippen molar-refractivity contribution < 1.29 is 19.1 Å². The second-order valence-corrected chi connectivity index (χ2v) is 7.39. The number of nitrogens with one attached hydrogen (secondary N) is 2. The largest absolute Gasteiger partial charge is 0.462 e. The van der Waals surface area contributed by atoms with Crippen LogP contribution in [0.4, 0.5) is 5.69 Å². The predicted molar refractivity (Wildman–Crippen MR) is 115 cm³/mol. The predicted octanol–water partition coefficient (Wildman–Crippen LogP) is 3.95. The molecule has 6 nitrogen and oxygen atoms in total. The number of hydrogen-bond acceptors (Lipinski definition) is 4. The maximum atomic E-state index is 12.5. The van der Waals surface area contributed by atoms with Gasteiger partial charge >= 0.3 is 17.8 Å². The number of esters is 1. The molecule has 0 saturated carbocycles. The molecule has 2 aromatic carbocycles. The van der Waals surface area contributed by atoms with E-state index < -0.39 is 17.8 Å². The number of anilines is 1. The zero-order valence-corrected chi connectivity index (χ0v) is 17.5. The van der Waals surface area contributed by atoms with Crippen molar-refractivity contribution in [3.63, 3.8) is 0 Å². The number of para-hydroxylation sites is 1. The van der Waals surface area contributed by atoms with Gasteiger partial charge in [0.05, 0.1) is 23.9 Å². The van der Waals surface area contributed by atoms with E-state index >= 15 is 0 Å². The van der Waals surface area contributed by atoms with E-state index in [1.807, 2.05) is 13.0 Å². The number of ether oxygens (including phenoxy) is 1. The SMILES string of the molecule is CCOC(=O)c1ccccc1NC(=O)C(=O)NC(CC)c1ccc2c(c1)CCCC2. The topological polar surface area (TPSA) is 84.5 Å². The van der Waals surface area contributed by atoms with Crippen LogP contribution in [0, 0.1) is 0 Å². The third-order valence-corrected chi connectivity index (χ3v) is 5.37. The Balaban J connectivity index is 1.69. The molecule has 0 aliphatic heterocycles. The molecule has 0 aromatic heterocycles. The third-order valence-electron chi connectivity index (χ3n) is 5.37. The summed E-state index contributed by atoms with van der Waals surface area (Å²) < 4.78 is 5.01. The van der Waals surface area contributed by atoms with Crippen LogP contribution in [0.5, 0.6) is 0 Å². The van der Waals surface area contributed by atoms with Crippen molar-refractivity contribution in [1.29, 1.82) is 0 Å². The Morgan fingerprint density at radius 3 is 2.43 bits per heavy atom. The van der Waals surface area contributed by atoms with E-state index in [1.165, 1.54) is 24.0 Å². The van der Waals surface area contributed by atoms with Gasteiger partial charge in [-0.25, -0.2) is 4.79 Å². The van der Waals surface area contributed by atoms with Crippen molar-refractivity contribution in [3.8, 4) is 0 Å². The first kappa shape index (κ1) is 21.6. The summed E-state index contributed by atoms with van der Waals surface area (Å²) in [6, 6.07) is 12.5. The minimum Gasteiger partial charge on any atom is -0.462 e. The molecule has 1 atom stereocenters. The monoisotopic (exact) mass is 408 g/mol. The van der Waals surface area contributed by atoms with Crippen LogP contribution in [0.15, 0.2) is 42.5 Å². The molecular weight excluding hydrogens is 380 g/mol. The maximum Gasteiger partial charge on any atom is 0.340 e. The van der Waals surface area contributed by atoms with Crippen molar-refractivity contribution in [2.45, 2.75) is 52.0 Å². The summed E-state index contributed by atoms with van der Waals surface area (Å²) in [5.41, 5.74) is 4.17. The molecule has 0 fully saturated rings. The minimum absolute atomic E-state index is 0.210. The number of carbonyl (C=O) groups excluding carboxylic acids is 3. The highest BCUT2D eigenvalue weighted by Crippen LogP contribution is 2.26. The normalized spacial score (nSPS) is 13.7. The zero-order valence-electron chi connectivity index (χ0n) is 17.5. The first-order valence-corrected chi connectivity index (χ1v) is 10.5. The summed E-state index contributed by atoms with van der Waals surface area (Å²) in [7, 11) is 0. The molecule has 0 radical (unpaired) electrons. The summed E-state index contributed by atoms with van der Waals surface area (Å²) >= 11 is 0. The van der Waals surface area contributed by atoms with Gasteiger partial charge in [-0.1, -0.05) is 37.3 Å². The number of rotatable bonds is 6. The van der Waals surface area contributed by atoms with E-state index in [0.717, 1.165) is 18.4 Å². The molecule has 1 aliphatic carbocycles. The van der Waals surface area contributed by atoms with Crippen LogP contribution < -0.4 is 10.6 Å². The van der Waals surface area contributed by atoms with Gasteiger partial charge in [0, 0.05) is 0 Å². The summed E-state index contributed by atoms with van der Waals surface area (Å²) in [4.78, 5) is 37.1. The lowest BCUT2D eigenvalue weighted by Gasteiger charge is -2.21. The van der Waals surface area contributed by atoms with Gasteiger partial charge in [-0.2, -0.15) is 0 Å². The molecule has 2 N–H and O–H groups in total. The number of fused-ring (bicyclic) bond motifs is 1. The highest BCUT2D eigenvalue weighted by atomic mass is 16.5. The quantitative estimate of drug-likeness (QED) is 0.560. The molecule has 2 aromatic rings. The molecule has 0 saturated heterocycles. The molecule has 1 unspecified atom stereocenters. The molecule has 3 rings (SSSR count). The second kappa shape index (κ2) is 10.1. The van der Waals surface area contributed by atoms with Gasteiger partial charge in [-0.3, -0.25) is 9.59 Å². The summed E-state index contributed by atoms with van der Waals surface area (Å²) in [6.45, 7) is 3.90. The van der Waals surface area contributed by atoms with Crippen LogP contribution in [0.1, 0.15) is 66.2 Å². The van der Waals surface area contributed by atoms with Gasteiger partial charge in [-0.15, -0.1) is 0 Å². The van der Waals surface area contributed by atoms with E-state index in [2.05, 4.69) is 22.8 Å². The highest BCUT2D eigenvalue weighted by Gasteiger charge is 2.22. The smallest absolute Gasteiger partial charge is 0.340 e. The van der Waals surface area contributed by atoms with Crippen LogP contribution in [0.2, 0.25) is 0 Å². The summed E-state index contributed by atoms with van der Waals surface area (Å²) in [5, 5.41) is 5.35. The van der Waals surface area contributed by atoms with Gasteiger partial charge < -0.3 is 15.4 Å². The van der Waals surface area contributed by atoms with E-state index in [4.69, 9.17) is 4.74 Å². The number of amides is 2. The van der Waals surface area contributed by atoms with E-state index in [1.54, 1.807) is 31.2 Å². The van der Waals surface area contributed by atoms with Crippen LogP contribution in [-0.2, 0) is 27.2 Å². The Morgan fingerprint density at radius 2 is 1.70 bits per heavy atom. The Hall–Kier alpha value is -3.15. The van der Waals surface area contributed by atoms with Crippen LogP contribution >= 0.6 is 0 Å². The third kappa shape index (κ3) is 5.06. The summed E-state index contributed by atoms with van der Waals surface area (Å²) in [5.74, 6) is -2.10. The second-order valence-electron chi connectivity index (χ2n) is 7.39. The number of hydrogen-bond donors (Lipinski definition) is 2. The van der Waals surface area contributed by atoms with Gasteiger partial charge in [0.1, 0.15) is 0 Å². The van der Waals surface area contributed by atoms with Crippen molar-refractivity contribution in [2.75, 3.05) is 11.9 Å². The first-order chi connectivity index (χ1) is 14.5. The molecule has 1 aliphatic rings. The van der Waals surface area contributed by atoms with Crippen LogP contribution in [0.3, 0.4) is 0 Å². The average Bonchev–Trinajstić information content (AvgIpc) is 2.77. The molecule has 2 amide bonds. The average molecular weight is 408 g/mol. The van der Waals surface area contributed by atoms with E-state index in [0.29, 0.717) is 6.42 Å². The molecule has 0 spiro atoms. The Labute approximate surface area is 177 Å². The van der Waals surface area contributed by atoms with Gasteiger partial charge in [0.2, 0.25) is 0 Å². The van der Waals surface area contributed by atoms with Gasteiger partial charge in [0.25, 0.3) is 0 Å². The standard InChI is InChI=1S/C24H28N2O4/c1-3-20(18-14-13-16-9-5-6-10-17(16)15-18)25-22(27)23(28)26-21-12-8-7-11-19(21)24(29)30-4-2/h7-8,11-15,20H,3-6,9-10H2,1-2H3,(H,25,27)(H,26,28). The number of benzene rings is 2. The zero-order chi connectivity index (χ0) is 21.5. The Kier molecular flexibility index (Phi) is 7.22.